The van der Waals surface area contributed by atoms with Crippen LogP contribution in [0.3, 0.4) is 0 Å². The van der Waals surface area contributed by atoms with Gasteiger partial charge in [0.25, 0.3) is 0 Å². The average Bonchev–Trinajstić information content (AvgIpc) is 2.15. The number of carbonyl (C=O) groups is 1. The zero-order valence-electron chi connectivity index (χ0n) is 9.02. The van der Waals surface area contributed by atoms with Gasteiger partial charge in [-0.15, -0.1) is 0 Å². The summed E-state index contributed by atoms with van der Waals surface area (Å²) in [6, 6.07) is 0. The van der Waals surface area contributed by atoms with Gasteiger partial charge >= 0.3 is 5.97 Å². The number of carboxylic acid groups (broad SMARTS) is 1. The van der Waals surface area contributed by atoms with E-state index in [0.29, 0.717) is 12.5 Å². The van der Waals surface area contributed by atoms with Crippen molar-refractivity contribution in [2.24, 2.45) is 11.8 Å². The van der Waals surface area contributed by atoms with Gasteiger partial charge in [-0.1, -0.05) is 6.42 Å². The van der Waals surface area contributed by atoms with Crippen LogP contribution in [0.15, 0.2) is 0 Å². The van der Waals surface area contributed by atoms with Crippen LogP contribution in [0.2, 0.25) is 0 Å². The van der Waals surface area contributed by atoms with E-state index < -0.39 is 5.97 Å². The standard InChI is InChI=1S/C11H19NO3/c13-11(14)10(9-2-1-3-9)8-12-4-6-15-7-5-12/h9-10H,1-8H2,(H,13,14). The van der Waals surface area contributed by atoms with E-state index in [1.54, 1.807) is 0 Å². The Hall–Kier alpha value is -0.610. The maximum Gasteiger partial charge on any atom is 0.308 e. The van der Waals surface area contributed by atoms with Crippen LogP contribution in [-0.4, -0.2) is 48.8 Å². The first-order chi connectivity index (χ1) is 7.27. The smallest absolute Gasteiger partial charge is 0.308 e. The summed E-state index contributed by atoms with van der Waals surface area (Å²) in [4.78, 5) is 13.4. The van der Waals surface area contributed by atoms with Gasteiger partial charge in [-0.3, -0.25) is 9.69 Å². The van der Waals surface area contributed by atoms with E-state index in [2.05, 4.69) is 4.90 Å². The first kappa shape index (κ1) is 10.9. The lowest BCUT2D eigenvalue weighted by atomic mass is 9.75. The molecule has 0 aromatic carbocycles. The van der Waals surface area contributed by atoms with Crippen LogP contribution in [0.1, 0.15) is 19.3 Å². The summed E-state index contributed by atoms with van der Waals surface area (Å²) in [7, 11) is 0. The largest absolute Gasteiger partial charge is 0.481 e. The molecule has 0 spiro atoms. The van der Waals surface area contributed by atoms with Crippen LogP contribution in [0.5, 0.6) is 0 Å². The van der Waals surface area contributed by atoms with Crippen molar-refractivity contribution in [2.75, 3.05) is 32.8 Å². The van der Waals surface area contributed by atoms with E-state index in [9.17, 15) is 9.90 Å². The predicted molar refractivity (Wildman–Crippen MR) is 55.7 cm³/mol. The Morgan fingerprint density at radius 3 is 2.53 bits per heavy atom. The van der Waals surface area contributed by atoms with Gasteiger partial charge in [0.1, 0.15) is 0 Å². The number of aliphatic carboxylic acids is 1. The highest BCUT2D eigenvalue weighted by molar-refractivity contribution is 5.70. The zero-order chi connectivity index (χ0) is 10.7. The molecule has 1 unspecified atom stereocenters. The van der Waals surface area contributed by atoms with Crippen LogP contribution < -0.4 is 0 Å². The normalized spacial score (nSPS) is 25.9. The van der Waals surface area contributed by atoms with E-state index in [1.807, 2.05) is 0 Å². The molecule has 86 valence electrons. The lowest BCUT2D eigenvalue weighted by molar-refractivity contribution is -0.146. The van der Waals surface area contributed by atoms with Crippen LogP contribution in [0.25, 0.3) is 0 Å². The van der Waals surface area contributed by atoms with Crippen molar-refractivity contribution in [2.45, 2.75) is 19.3 Å². The maximum absolute atomic E-state index is 11.1. The van der Waals surface area contributed by atoms with Crippen molar-refractivity contribution < 1.29 is 14.6 Å². The fourth-order valence-electron chi connectivity index (χ4n) is 2.33. The molecule has 4 heteroatoms. The molecular formula is C11H19NO3. The lowest BCUT2D eigenvalue weighted by Gasteiger charge is -2.35. The molecule has 15 heavy (non-hydrogen) atoms. The quantitative estimate of drug-likeness (QED) is 0.751. The number of carboxylic acids is 1. The number of hydrogen-bond donors (Lipinski definition) is 1. The molecule has 0 bridgehead atoms. The van der Waals surface area contributed by atoms with Gasteiger partial charge in [-0.25, -0.2) is 0 Å². The molecule has 4 nitrogen and oxygen atoms in total. The van der Waals surface area contributed by atoms with Crippen LogP contribution in [0.4, 0.5) is 0 Å². The lowest BCUT2D eigenvalue weighted by Crippen LogP contribution is -2.44. The molecule has 1 aliphatic carbocycles. The average molecular weight is 213 g/mol. The van der Waals surface area contributed by atoms with E-state index in [-0.39, 0.29) is 5.92 Å². The van der Waals surface area contributed by atoms with Gasteiger partial charge in [0.15, 0.2) is 0 Å². The highest BCUT2D eigenvalue weighted by Gasteiger charge is 2.33. The first-order valence-electron chi connectivity index (χ1n) is 5.80. The molecule has 1 N–H and O–H groups in total. The number of hydrogen-bond acceptors (Lipinski definition) is 3. The molecule has 1 saturated carbocycles. The summed E-state index contributed by atoms with van der Waals surface area (Å²) >= 11 is 0. The minimum absolute atomic E-state index is 0.156. The second-order valence-electron chi connectivity index (χ2n) is 4.55. The van der Waals surface area contributed by atoms with E-state index >= 15 is 0 Å². The summed E-state index contributed by atoms with van der Waals surface area (Å²) in [5, 5.41) is 9.18. The molecule has 0 amide bonds. The molecule has 1 atom stereocenters. The summed E-state index contributed by atoms with van der Waals surface area (Å²) in [6.07, 6.45) is 3.40. The Labute approximate surface area is 90.2 Å². The monoisotopic (exact) mass is 213 g/mol. The maximum atomic E-state index is 11.1. The Bertz CT molecular complexity index is 222. The molecule has 1 heterocycles. The van der Waals surface area contributed by atoms with Gasteiger partial charge in [-0.2, -0.15) is 0 Å². The molecule has 0 aromatic heterocycles. The summed E-state index contributed by atoms with van der Waals surface area (Å²) < 4.78 is 5.25. The first-order valence-corrected chi connectivity index (χ1v) is 5.80. The minimum atomic E-state index is -0.619. The van der Waals surface area contributed by atoms with Crippen LogP contribution in [-0.2, 0) is 9.53 Å². The third-order valence-corrected chi connectivity index (χ3v) is 3.59. The molecule has 2 fully saturated rings. The van der Waals surface area contributed by atoms with Gasteiger partial charge in [0.05, 0.1) is 19.1 Å². The Morgan fingerprint density at radius 1 is 1.40 bits per heavy atom. The SMILES string of the molecule is O=C(O)C(CN1CCOCC1)C1CCC1. The van der Waals surface area contributed by atoms with Crippen LogP contribution >= 0.6 is 0 Å². The van der Waals surface area contributed by atoms with Crippen molar-refractivity contribution in [3.63, 3.8) is 0 Å². The number of morpholine rings is 1. The molecule has 1 saturated heterocycles. The second kappa shape index (κ2) is 4.94. The van der Waals surface area contributed by atoms with E-state index in [1.165, 1.54) is 6.42 Å². The molecule has 0 radical (unpaired) electrons. The van der Waals surface area contributed by atoms with Crippen molar-refractivity contribution in [1.82, 2.24) is 4.90 Å². The number of ether oxygens (including phenoxy) is 1. The summed E-state index contributed by atoms with van der Waals surface area (Å²) in [5.74, 6) is -0.353. The highest BCUT2D eigenvalue weighted by Crippen LogP contribution is 2.34. The van der Waals surface area contributed by atoms with Gasteiger partial charge in [0, 0.05) is 19.6 Å². The van der Waals surface area contributed by atoms with Gasteiger partial charge in [0.2, 0.25) is 0 Å². The van der Waals surface area contributed by atoms with Crippen molar-refractivity contribution in [1.29, 1.82) is 0 Å². The Balaban J connectivity index is 1.84. The fraction of sp³-hybridized carbons (Fsp3) is 0.909. The Kier molecular flexibility index (Phi) is 3.59. The van der Waals surface area contributed by atoms with Gasteiger partial charge in [-0.05, 0) is 18.8 Å². The summed E-state index contributed by atoms with van der Waals surface area (Å²) in [5.41, 5.74) is 0. The Morgan fingerprint density at radius 2 is 2.07 bits per heavy atom. The van der Waals surface area contributed by atoms with Crippen molar-refractivity contribution >= 4 is 5.97 Å². The number of rotatable bonds is 4. The summed E-state index contributed by atoms with van der Waals surface area (Å²) in [6.45, 7) is 3.98. The van der Waals surface area contributed by atoms with Gasteiger partial charge < -0.3 is 9.84 Å². The molecule has 1 aliphatic heterocycles. The van der Waals surface area contributed by atoms with Crippen molar-refractivity contribution in [3.8, 4) is 0 Å². The number of nitrogens with zero attached hydrogens (tertiary/aromatic N) is 1. The molecule has 2 rings (SSSR count). The predicted octanol–water partition coefficient (Wildman–Crippen LogP) is 0.819. The highest BCUT2D eigenvalue weighted by atomic mass is 16.5. The molecule has 2 aliphatic rings. The molecule has 0 aromatic rings. The van der Waals surface area contributed by atoms with Crippen molar-refractivity contribution in [3.05, 3.63) is 0 Å². The topological polar surface area (TPSA) is 49.8 Å². The third kappa shape index (κ3) is 2.69. The molecular weight excluding hydrogens is 194 g/mol. The second-order valence-corrected chi connectivity index (χ2v) is 4.55. The minimum Gasteiger partial charge on any atom is -0.481 e. The third-order valence-electron chi connectivity index (χ3n) is 3.59. The zero-order valence-corrected chi connectivity index (χ0v) is 9.02. The fourth-order valence-corrected chi connectivity index (χ4v) is 2.33. The van der Waals surface area contributed by atoms with E-state index in [0.717, 1.165) is 39.1 Å². The van der Waals surface area contributed by atoms with Crippen LogP contribution in [0, 0.1) is 11.8 Å². The van der Waals surface area contributed by atoms with E-state index in [4.69, 9.17) is 4.74 Å².